The highest BCUT2D eigenvalue weighted by molar-refractivity contribution is 7.91. The molecule has 0 saturated carbocycles. The zero-order chi connectivity index (χ0) is 22.4. The van der Waals surface area contributed by atoms with Crippen LogP contribution in [0.25, 0.3) is 0 Å². The predicted octanol–water partition coefficient (Wildman–Crippen LogP) is 3.53. The van der Waals surface area contributed by atoms with Crippen molar-refractivity contribution in [2.45, 2.75) is 51.1 Å². The van der Waals surface area contributed by atoms with E-state index in [0.29, 0.717) is 6.54 Å². The number of carbonyl (C=O) groups is 2. The molecule has 0 saturated heterocycles. The third-order valence-corrected chi connectivity index (χ3v) is 6.34. The summed E-state index contributed by atoms with van der Waals surface area (Å²) < 4.78 is 29.8. The van der Waals surface area contributed by atoms with Gasteiger partial charge in [-0.05, 0) is 45.4 Å². The Hall–Kier alpha value is -2.67. The van der Waals surface area contributed by atoms with Crippen molar-refractivity contribution in [3.05, 3.63) is 65.7 Å². The lowest BCUT2D eigenvalue weighted by molar-refractivity contribution is -0.154. The van der Waals surface area contributed by atoms with Gasteiger partial charge >= 0.3 is 5.97 Å². The molecule has 0 spiro atoms. The first-order valence-electron chi connectivity index (χ1n) is 9.78. The number of carbonyl (C=O) groups excluding carboxylic acids is 2. The van der Waals surface area contributed by atoms with Crippen LogP contribution in [0, 0.1) is 6.92 Å². The van der Waals surface area contributed by atoms with Gasteiger partial charge in [-0.25, -0.2) is 8.42 Å². The number of hydrogen-bond acceptors (Lipinski definition) is 5. The van der Waals surface area contributed by atoms with Crippen LogP contribution in [0.4, 0.5) is 0 Å². The molecule has 0 bridgehead atoms. The molecular weight excluding hydrogens is 402 g/mol. The van der Waals surface area contributed by atoms with Gasteiger partial charge in [0.2, 0.25) is 0 Å². The lowest BCUT2D eigenvalue weighted by Gasteiger charge is -2.35. The number of esters is 1. The summed E-state index contributed by atoms with van der Waals surface area (Å²) in [4.78, 5) is 26.5. The van der Waals surface area contributed by atoms with E-state index in [0.717, 1.165) is 11.1 Å². The number of nitrogens with zero attached hydrogens (tertiary/aromatic N) is 1. The minimum atomic E-state index is -3.59. The Morgan fingerprint density at radius 2 is 1.57 bits per heavy atom. The molecule has 0 N–H and O–H groups in total. The minimum Gasteiger partial charge on any atom is -0.456 e. The van der Waals surface area contributed by atoms with E-state index in [1.54, 1.807) is 17.0 Å². The van der Waals surface area contributed by atoms with Gasteiger partial charge in [0.1, 0.15) is 0 Å². The summed E-state index contributed by atoms with van der Waals surface area (Å²) in [5.74, 6) is -1.41. The van der Waals surface area contributed by atoms with Gasteiger partial charge in [0, 0.05) is 12.1 Å². The first kappa shape index (κ1) is 23.6. The standard InChI is InChI=1S/C23H29NO5S/c1-18-10-12-20(13-11-18)30(27,28)15-14-22(26)29-17-21(25)24(23(2,3)4)16-19-8-6-5-7-9-19/h5-13H,14-17H2,1-4H3. The Labute approximate surface area is 178 Å². The lowest BCUT2D eigenvalue weighted by atomic mass is 10.0. The van der Waals surface area contributed by atoms with E-state index in [-0.39, 0.29) is 23.0 Å². The van der Waals surface area contributed by atoms with E-state index in [9.17, 15) is 18.0 Å². The van der Waals surface area contributed by atoms with Crippen LogP contribution in [0.1, 0.15) is 38.3 Å². The molecule has 2 rings (SSSR count). The van der Waals surface area contributed by atoms with Crippen LogP contribution in [0.3, 0.4) is 0 Å². The predicted molar refractivity (Wildman–Crippen MR) is 116 cm³/mol. The van der Waals surface area contributed by atoms with Crippen molar-refractivity contribution in [2.75, 3.05) is 12.4 Å². The molecule has 0 aliphatic rings. The molecule has 0 radical (unpaired) electrons. The molecule has 0 unspecified atom stereocenters. The maximum absolute atomic E-state index is 12.7. The molecule has 30 heavy (non-hydrogen) atoms. The Kier molecular flexibility index (Phi) is 7.78. The van der Waals surface area contributed by atoms with Gasteiger partial charge in [-0.1, -0.05) is 48.0 Å². The van der Waals surface area contributed by atoms with Gasteiger partial charge in [-0.15, -0.1) is 0 Å². The molecule has 2 aromatic rings. The fourth-order valence-electron chi connectivity index (χ4n) is 2.84. The normalized spacial score (nSPS) is 11.7. The topological polar surface area (TPSA) is 80.7 Å². The van der Waals surface area contributed by atoms with Gasteiger partial charge in [0.05, 0.1) is 17.1 Å². The van der Waals surface area contributed by atoms with Crippen molar-refractivity contribution in [3.63, 3.8) is 0 Å². The van der Waals surface area contributed by atoms with E-state index in [4.69, 9.17) is 4.74 Å². The van der Waals surface area contributed by atoms with Crippen LogP contribution in [-0.2, 0) is 30.7 Å². The largest absolute Gasteiger partial charge is 0.456 e. The first-order valence-corrected chi connectivity index (χ1v) is 11.4. The van der Waals surface area contributed by atoms with Crippen LogP contribution in [0.5, 0.6) is 0 Å². The van der Waals surface area contributed by atoms with E-state index < -0.39 is 28.0 Å². The van der Waals surface area contributed by atoms with Crippen molar-refractivity contribution in [2.24, 2.45) is 0 Å². The number of sulfone groups is 1. The molecular formula is C23H29NO5S. The third-order valence-electron chi connectivity index (χ3n) is 4.61. The second-order valence-electron chi connectivity index (χ2n) is 8.18. The zero-order valence-corrected chi connectivity index (χ0v) is 18.7. The van der Waals surface area contributed by atoms with E-state index in [2.05, 4.69) is 0 Å². The number of rotatable bonds is 8. The summed E-state index contributed by atoms with van der Waals surface area (Å²) in [5, 5.41) is 0. The third kappa shape index (κ3) is 6.99. The van der Waals surface area contributed by atoms with E-state index >= 15 is 0 Å². The van der Waals surface area contributed by atoms with E-state index in [1.807, 2.05) is 58.0 Å². The summed E-state index contributed by atoms with van der Waals surface area (Å²) in [5.41, 5.74) is 1.45. The number of benzene rings is 2. The Morgan fingerprint density at radius 3 is 2.13 bits per heavy atom. The molecule has 7 heteroatoms. The molecule has 0 heterocycles. The fourth-order valence-corrected chi connectivity index (χ4v) is 4.06. The highest BCUT2D eigenvalue weighted by Gasteiger charge is 2.27. The second-order valence-corrected chi connectivity index (χ2v) is 10.3. The Balaban J connectivity index is 1.91. The van der Waals surface area contributed by atoms with Crippen LogP contribution in [-0.4, -0.2) is 43.1 Å². The van der Waals surface area contributed by atoms with Crippen molar-refractivity contribution in [1.29, 1.82) is 0 Å². The Morgan fingerprint density at radius 1 is 0.967 bits per heavy atom. The van der Waals surface area contributed by atoms with Crippen molar-refractivity contribution in [1.82, 2.24) is 4.90 Å². The second kappa shape index (κ2) is 9.89. The molecule has 0 fully saturated rings. The van der Waals surface area contributed by atoms with Gasteiger partial charge in [-0.2, -0.15) is 0 Å². The maximum atomic E-state index is 12.7. The number of amides is 1. The SMILES string of the molecule is Cc1ccc(S(=O)(=O)CCC(=O)OCC(=O)N(Cc2ccccc2)C(C)(C)C)cc1. The molecule has 162 valence electrons. The van der Waals surface area contributed by atoms with Gasteiger partial charge in [0.15, 0.2) is 16.4 Å². The van der Waals surface area contributed by atoms with Gasteiger partial charge < -0.3 is 9.64 Å². The zero-order valence-electron chi connectivity index (χ0n) is 17.9. The van der Waals surface area contributed by atoms with Gasteiger partial charge in [-0.3, -0.25) is 9.59 Å². The minimum absolute atomic E-state index is 0.166. The van der Waals surface area contributed by atoms with Crippen LogP contribution in [0.15, 0.2) is 59.5 Å². The average Bonchev–Trinajstić information content (AvgIpc) is 2.69. The molecule has 0 atom stereocenters. The molecule has 0 aliphatic heterocycles. The Bertz CT molecular complexity index is 961. The summed E-state index contributed by atoms with van der Waals surface area (Å²) in [6.07, 6.45) is -0.308. The van der Waals surface area contributed by atoms with Crippen molar-refractivity contribution in [3.8, 4) is 0 Å². The smallest absolute Gasteiger partial charge is 0.307 e. The molecule has 0 aromatic heterocycles. The summed E-state index contributed by atoms with van der Waals surface area (Å²) in [6.45, 7) is 7.55. The van der Waals surface area contributed by atoms with Crippen LogP contribution in [0.2, 0.25) is 0 Å². The van der Waals surface area contributed by atoms with Crippen molar-refractivity contribution >= 4 is 21.7 Å². The van der Waals surface area contributed by atoms with Crippen LogP contribution < -0.4 is 0 Å². The molecule has 1 amide bonds. The first-order chi connectivity index (χ1) is 14.0. The quantitative estimate of drug-likeness (QED) is 0.598. The molecule has 0 aliphatic carbocycles. The molecule has 2 aromatic carbocycles. The van der Waals surface area contributed by atoms with E-state index in [1.165, 1.54) is 12.1 Å². The number of hydrogen-bond donors (Lipinski definition) is 0. The van der Waals surface area contributed by atoms with Gasteiger partial charge in [0.25, 0.3) is 5.91 Å². The number of aryl methyl sites for hydroxylation is 1. The molecule has 6 nitrogen and oxygen atoms in total. The average molecular weight is 432 g/mol. The van der Waals surface area contributed by atoms with Crippen molar-refractivity contribution < 1.29 is 22.7 Å². The fraction of sp³-hybridized carbons (Fsp3) is 0.391. The summed E-state index contributed by atoms with van der Waals surface area (Å²) in [7, 11) is -3.59. The van der Waals surface area contributed by atoms with Crippen LogP contribution >= 0.6 is 0 Å². The lowest BCUT2D eigenvalue weighted by Crippen LogP contribution is -2.46. The number of ether oxygens (including phenoxy) is 1. The highest BCUT2D eigenvalue weighted by atomic mass is 32.2. The monoisotopic (exact) mass is 431 g/mol. The summed E-state index contributed by atoms with van der Waals surface area (Å²) >= 11 is 0. The highest BCUT2D eigenvalue weighted by Crippen LogP contribution is 2.18. The maximum Gasteiger partial charge on any atom is 0.307 e. The summed E-state index contributed by atoms with van der Waals surface area (Å²) in [6, 6.07) is 16.0.